The Morgan fingerprint density at radius 2 is 2.00 bits per heavy atom. The van der Waals surface area contributed by atoms with Crippen LogP contribution in [0.3, 0.4) is 0 Å². The Kier molecular flexibility index (Phi) is 4.44. The van der Waals surface area contributed by atoms with Gasteiger partial charge in [0, 0.05) is 33.8 Å². The van der Waals surface area contributed by atoms with Crippen molar-refractivity contribution in [2.75, 3.05) is 13.1 Å². The maximum absolute atomic E-state index is 12.7. The van der Waals surface area contributed by atoms with Gasteiger partial charge in [0.2, 0.25) is 0 Å². The number of hydrogen-bond donors (Lipinski definition) is 0. The van der Waals surface area contributed by atoms with Crippen molar-refractivity contribution >= 4 is 41.6 Å². The average molecular weight is 395 g/mol. The maximum Gasteiger partial charge on any atom is 0.261 e. The summed E-state index contributed by atoms with van der Waals surface area (Å²) >= 11 is 3.29. The number of carbonyl (C=O) groups is 1. The van der Waals surface area contributed by atoms with Crippen LogP contribution in [0.1, 0.15) is 36.2 Å². The van der Waals surface area contributed by atoms with Gasteiger partial charge in [-0.25, -0.2) is 8.42 Å². The number of halogens is 2. The van der Waals surface area contributed by atoms with Gasteiger partial charge in [-0.2, -0.15) is 0 Å². The SMILES string of the molecule is Cc1c(Br)cc(S(=O)(=O)Cl)cc1C(=O)N1CCC(C)(C)C1. The molecule has 1 heterocycles. The molecule has 21 heavy (non-hydrogen) atoms. The summed E-state index contributed by atoms with van der Waals surface area (Å²) in [6.45, 7) is 7.36. The Bertz CT molecular complexity index is 700. The van der Waals surface area contributed by atoms with Crippen LogP contribution in [0.4, 0.5) is 0 Å². The van der Waals surface area contributed by atoms with E-state index in [0.717, 1.165) is 6.42 Å². The number of benzene rings is 1. The van der Waals surface area contributed by atoms with Gasteiger partial charge in [-0.05, 0) is 36.5 Å². The molecular formula is C14H17BrClNO3S. The molecule has 0 radical (unpaired) electrons. The first-order chi connectivity index (χ1) is 9.51. The van der Waals surface area contributed by atoms with Gasteiger partial charge < -0.3 is 4.90 Å². The van der Waals surface area contributed by atoms with Crippen molar-refractivity contribution in [1.82, 2.24) is 4.90 Å². The van der Waals surface area contributed by atoms with Crippen LogP contribution in [0.25, 0.3) is 0 Å². The summed E-state index contributed by atoms with van der Waals surface area (Å²) in [5, 5.41) is 0. The second kappa shape index (κ2) is 5.56. The minimum atomic E-state index is -3.87. The van der Waals surface area contributed by atoms with Crippen molar-refractivity contribution in [3.63, 3.8) is 0 Å². The molecule has 1 aromatic rings. The molecule has 1 aliphatic heterocycles. The molecule has 0 spiro atoms. The van der Waals surface area contributed by atoms with Crippen molar-refractivity contribution in [2.45, 2.75) is 32.1 Å². The van der Waals surface area contributed by atoms with Crippen LogP contribution in [0, 0.1) is 12.3 Å². The lowest BCUT2D eigenvalue weighted by Gasteiger charge is -2.21. The van der Waals surface area contributed by atoms with E-state index in [0.29, 0.717) is 28.7 Å². The zero-order valence-electron chi connectivity index (χ0n) is 12.1. The third-order valence-electron chi connectivity index (χ3n) is 3.79. The summed E-state index contributed by atoms with van der Waals surface area (Å²) in [7, 11) is 1.52. The number of amides is 1. The largest absolute Gasteiger partial charge is 0.338 e. The van der Waals surface area contributed by atoms with E-state index in [2.05, 4.69) is 29.8 Å². The average Bonchev–Trinajstić information content (AvgIpc) is 2.71. The molecule has 0 N–H and O–H groups in total. The van der Waals surface area contributed by atoms with Crippen molar-refractivity contribution < 1.29 is 13.2 Å². The first kappa shape index (κ1) is 16.8. The van der Waals surface area contributed by atoms with Gasteiger partial charge in [0.1, 0.15) is 0 Å². The molecule has 4 nitrogen and oxygen atoms in total. The quantitative estimate of drug-likeness (QED) is 0.721. The van der Waals surface area contributed by atoms with Crippen molar-refractivity contribution in [3.05, 3.63) is 27.7 Å². The standard InChI is InChI=1S/C14H17BrClNO3S/c1-9-11(6-10(7-12(9)15)21(16,19)20)13(18)17-5-4-14(2,3)8-17/h6-7H,4-5,8H2,1-3H3. The first-order valence-corrected chi connectivity index (χ1v) is 9.66. The van der Waals surface area contributed by atoms with E-state index in [9.17, 15) is 13.2 Å². The molecule has 0 atom stereocenters. The lowest BCUT2D eigenvalue weighted by Crippen LogP contribution is -2.31. The fraction of sp³-hybridized carbons (Fsp3) is 0.500. The highest BCUT2D eigenvalue weighted by atomic mass is 79.9. The van der Waals surface area contributed by atoms with Crippen LogP contribution in [0.5, 0.6) is 0 Å². The Morgan fingerprint density at radius 1 is 1.38 bits per heavy atom. The van der Waals surface area contributed by atoms with E-state index in [1.807, 2.05) is 0 Å². The molecule has 1 aromatic carbocycles. The van der Waals surface area contributed by atoms with Crippen molar-refractivity contribution in [3.8, 4) is 0 Å². The van der Waals surface area contributed by atoms with Gasteiger partial charge >= 0.3 is 0 Å². The fourth-order valence-electron chi connectivity index (χ4n) is 2.47. The summed E-state index contributed by atoms with van der Waals surface area (Å²) in [5.41, 5.74) is 1.19. The Morgan fingerprint density at radius 3 is 2.48 bits per heavy atom. The van der Waals surface area contributed by atoms with Gasteiger partial charge in [0.25, 0.3) is 15.0 Å². The topological polar surface area (TPSA) is 54.5 Å². The van der Waals surface area contributed by atoms with Gasteiger partial charge in [-0.15, -0.1) is 0 Å². The number of carbonyl (C=O) groups excluding carboxylic acids is 1. The van der Waals surface area contributed by atoms with Crippen LogP contribution in [0.15, 0.2) is 21.5 Å². The van der Waals surface area contributed by atoms with Crippen molar-refractivity contribution in [2.24, 2.45) is 5.41 Å². The Balaban J connectivity index is 2.44. The van der Waals surface area contributed by atoms with E-state index >= 15 is 0 Å². The number of likely N-dealkylation sites (tertiary alicyclic amines) is 1. The molecule has 0 bridgehead atoms. The summed E-state index contributed by atoms with van der Waals surface area (Å²) in [6, 6.07) is 2.78. The highest BCUT2D eigenvalue weighted by molar-refractivity contribution is 9.10. The van der Waals surface area contributed by atoms with Crippen LogP contribution < -0.4 is 0 Å². The zero-order chi connectivity index (χ0) is 16.0. The van der Waals surface area contributed by atoms with Crippen LogP contribution in [-0.2, 0) is 9.05 Å². The van der Waals surface area contributed by atoms with Crippen LogP contribution in [0.2, 0.25) is 0 Å². The lowest BCUT2D eigenvalue weighted by molar-refractivity contribution is 0.0777. The highest BCUT2D eigenvalue weighted by Crippen LogP contribution is 2.32. The molecule has 1 fully saturated rings. The van der Waals surface area contributed by atoms with E-state index < -0.39 is 9.05 Å². The van der Waals surface area contributed by atoms with E-state index in [1.54, 1.807) is 11.8 Å². The number of hydrogen-bond acceptors (Lipinski definition) is 3. The first-order valence-electron chi connectivity index (χ1n) is 6.55. The molecule has 0 unspecified atom stereocenters. The second-order valence-corrected chi connectivity index (χ2v) is 9.58. The predicted octanol–water partition coefficient (Wildman–Crippen LogP) is 3.56. The number of rotatable bonds is 2. The third-order valence-corrected chi connectivity index (χ3v) is 5.95. The molecule has 0 saturated carbocycles. The Hall–Kier alpha value is -0.590. The molecule has 0 aliphatic carbocycles. The molecule has 2 rings (SSSR count). The highest BCUT2D eigenvalue weighted by Gasteiger charge is 2.33. The molecule has 1 aliphatic rings. The fourth-order valence-corrected chi connectivity index (χ4v) is 3.87. The Labute approximate surface area is 138 Å². The van der Waals surface area contributed by atoms with E-state index in [-0.39, 0.29) is 16.2 Å². The van der Waals surface area contributed by atoms with Gasteiger partial charge in [-0.3, -0.25) is 4.79 Å². The van der Waals surface area contributed by atoms with Gasteiger partial charge in [0.05, 0.1) is 4.90 Å². The minimum Gasteiger partial charge on any atom is -0.338 e. The molecule has 1 saturated heterocycles. The van der Waals surface area contributed by atoms with Crippen molar-refractivity contribution in [1.29, 1.82) is 0 Å². The monoisotopic (exact) mass is 393 g/mol. The summed E-state index contributed by atoms with van der Waals surface area (Å²) in [5.74, 6) is -0.152. The number of nitrogens with zero attached hydrogens (tertiary/aromatic N) is 1. The molecule has 7 heteroatoms. The van der Waals surface area contributed by atoms with E-state index in [4.69, 9.17) is 10.7 Å². The zero-order valence-corrected chi connectivity index (χ0v) is 15.3. The predicted molar refractivity (Wildman–Crippen MR) is 86.2 cm³/mol. The van der Waals surface area contributed by atoms with Crippen LogP contribution in [-0.4, -0.2) is 32.3 Å². The summed E-state index contributed by atoms with van der Waals surface area (Å²) in [4.78, 5) is 14.4. The molecule has 116 valence electrons. The third kappa shape index (κ3) is 3.60. The van der Waals surface area contributed by atoms with Gasteiger partial charge in [0.15, 0.2) is 0 Å². The summed E-state index contributed by atoms with van der Waals surface area (Å²) < 4.78 is 23.6. The van der Waals surface area contributed by atoms with Gasteiger partial charge in [-0.1, -0.05) is 29.8 Å². The molecule has 1 amide bonds. The maximum atomic E-state index is 12.7. The molecule has 0 aromatic heterocycles. The van der Waals surface area contributed by atoms with Crippen LogP contribution >= 0.6 is 26.6 Å². The second-order valence-electron chi connectivity index (χ2n) is 6.16. The minimum absolute atomic E-state index is 0.0663. The smallest absolute Gasteiger partial charge is 0.261 e. The normalized spacial score (nSPS) is 18.0. The summed E-state index contributed by atoms with van der Waals surface area (Å²) in [6.07, 6.45) is 0.937. The lowest BCUT2D eigenvalue weighted by atomic mass is 9.93. The molecular weight excluding hydrogens is 378 g/mol. The van der Waals surface area contributed by atoms with E-state index in [1.165, 1.54) is 12.1 Å².